The standard InChI is InChI=1S/C34H39N7O5S/c1-3-38-19-21-39(22-20-38)26-14-17-40(18-15-26)33(43)37-34(28-11-8-16-36-31(28)46-4-2)29-23-25(24-35)12-13-30(29)41(32(34)42)47(44,45)27-9-6-5-7-10-27/h5-13,16,23,26H,3-4,14-15,17-22H2,1-2H3,(H,37,43). The maximum atomic E-state index is 14.9. The number of amides is 3. The number of fused-ring (bicyclic) bond motifs is 1. The van der Waals surface area contributed by atoms with E-state index in [1.165, 1.54) is 36.5 Å². The monoisotopic (exact) mass is 657 g/mol. The predicted octanol–water partition coefficient (Wildman–Crippen LogP) is 3.14. The molecule has 3 aliphatic rings. The number of urea groups is 1. The molecule has 3 amide bonds. The van der Waals surface area contributed by atoms with Gasteiger partial charge in [-0.05, 0) is 68.8 Å². The maximum absolute atomic E-state index is 14.9. The molecule has 246 valence electrons. The third-order valence-electron chi connectivity index (χ3n) is 9.41. The van der Waals surface area contributed by atoms with Crippen LogP contribution in [0.1, 0.15) is 43.4 Å². The molecule has 0 aliphatic carbocycles. The number of nitrogens with zero attached hydrogens (tertiary/aromatic N) is 6. The minimum Gasteiger partial charge on any atom is -0.478 e. The van der Waals surface area contributed by atoms with E-state index in [0.29, 0.717) is 19.1 Å². The van der Waals surface area contributed by atoms with Crippen LogP contribution in [0.15, 0.2) is 71.8 Å². The van der Waals surface area contributed by atoms with Crippen LogP contribution in [-0.4, -0.2) is 98.5 Å². The summed E-state index contributed by atoms with van der Waals surface area (Å²) in [6.07, 6.45) is 3.06. The fraction of sp³-hybridized carbons (Fsp3) is 0.412. The Labute approximate surface area is 275 Å². The molecule has 0 spiro atoms. The van der Waals surface area contributed by atoms with Crippen molar-refractivity contribution in [2.75, 3.05) is 56.7 Å². The van der Waals surface area contributed by atoms with E-state index in [9.17, 15) is 23.3 Å². The van der Waals surface area contributed by atoms with Gasteiger partial charge in [0.25, 0.3) is 15.9 Å². The van der Waals surface area contributed by atoms with Crippen LogP contribution in [0.4, 0.5) is 10.5 Å². The number of benzene rings is 2. The predicted molar refractivity (Wildman–Crippen MR) is 175 cm³/mol. The van der Waals surface area contributed by atoms with Crippen molar-refractivity contribution in [2.24, 2.45) is 0 Å². The number of pyridine rings is 1. The van der Waals surface area contributed by atoms with Gasteiger partial charge >= 0.3 is 6.03 Å². The van der Waals surface area contributed by atoms with Crippen molar-refractivity contribution in [3.63, 3.8) is 0 Å². The summed E-state index contributed by atoms with van der Waals surface area (Å²) in [6.45, 7) is 10.2. The number of carbonyl (C=O) groups excluding carboxylic acids is 2. The van der Waals surface area contributed by atoms with Crippen LogP contribution in [0.25, 0.3) is 0 Å². The number of sulfonamides is 1. The number of piperazine rings is 1. The van der Waals surface area contributed by atoms with Crippen molar-refractivity contribution in [3.05, 3.63) is 83.6 Å². The highest BCUT2D eigenvalue weighted by Gasteiger charge is 2.59. The molecule has 2 saturated heterocycles. The van der Waals surface area contributed by atoms with E-state index in [0.717, 1.165) is 49.9 Å². The molecule has 13 heteroatoms. The fourth-order valence-electron chi connectivity index (χ4n) is 6.89. The molecular weight excluding hydrogens is 618 g/mol. The van der Waals surface area contributed by atoms with Crippen LogP contribution >= 0.6 is 0 Å². The van der Waals surface area contributed by atoms with E-state index in [4.69, 9.17) is 4.74 Å². The Bertz CT molecular complexity index is 1780. The molecule has 0 radical (unpaired) electrons. The van der Waals surface area contributed by atoms with E-state index in [1.54, 1.807) is 42.2 Å². The average molecular weight is 658 g/mol. The highest BCUT2D eigenvalue weighted by molar-refractivity contribution is 7.93. The van der Waals surface area contributed by atoms with Gasteiger partial charge in [0.05, 0.1) is 34.4 Å². The Hall–Kier alpha value is -4.51. The van der Waals surface area contributed by atoms with Crippen molar-refractivity contribution >= 4 is 27.6 Å². The molecule has 2 fully saturated rings. The number of anilines is 1. The van der Waals surface area contributed by atoms with Gasteiger partial charge in [-0.25, -0.2) is 18.2 Å². The summed E-state index contributed by atoms with van der Waals surface area (Å²) >= 11 is 0. The van der Waals surface area contributed by atoms with E-state index in [1.807, 2.05) is 0 Å². The number of nitrogens with one attached hydrogen (secondary N) is 1. The first-order valence-corrected chi connectivity index (χ1v) is 17.5. The molecule has 12 nitrogen and oxygen atoms in total. The van der Waals surface area contributed by atoms with Gasteiger partial charge in [0.2, 0.25) is 5.88 Å². The zero-order chi connectivity index (χ0) is 33.2. The lowest BCUT2D eigenvalue weighted by Gasteiger charge is -2.43. The zero-order valence-electron chi connectivity index (χ0n) is 26.6. The quantitative estimate of drug-likeness (QED) is 0.387. The van der Waals surface area contributed by atoms with Crippen molar-refractivity contribution < 1.29 is 22.7 Å². The first-order chi connectivity index (χ1) is 22.7. The van der Waals surface area contributed by atoms with Crippen molar-refractivity contribution in [3.8, 4) is 11.9 Å². The number of ether oxygens (including phenoxy) is 1. The third-order valence-corrected chi connectivity index (χ3v) is 11.1. The number of likely N-dealkylation sites (N-methyl/N-ethyl adjacent to an activating group) is 1. The van der Waals surface area contributed by atoms with E-state index >= 15 is 0 Å². The van der Waals surface area contributed by atoms with Crippen LogP contribution in [0, 0.1) is 11.3 Å². The van der Waals surface area contributed by atoms with Crippen LogP contribution in [0.5, 0.6) is 5.88 Å². The fourth-order valence-corrected chi connectivity index (χ4v) is 8.38. The second kappa shape index (κ2) is 13.3. The Morgan fingerprint density at radius 3 is 2.38 bits per heavy atom. The minimum atomic E-state index is -4.45. The maximum Gasteiger partial charge on any atom is 0.318 e. The largest absolute Gasteiger partial charge is 0.478 e. The van der Waals surface area contributed by atoms with E-state index < -0.39 is 27.5 Å². The number of nitriles is 1. The molecule has 1 unspecified atom stereocenters. The second-order valence-corrected chi connectivity index (χ2v) is 13.7. The van der Waals surface area contributed by atoms with Gasteiger partial charge < -0.3 is 19.9 Å². The van der Waals surface area contributed by atoms with Crippen LogP contribution < -0.4 is 14.4 Å². The average Bonchev–Trinajstić information content (AvgIpc) is 3.36. The summed E-state index contributed by atoms with van der Waals surface area (Å²) < 4.78 is 34.9. The molecule has 4 heterocycles. The van der Waals surface area contributed by atoms with Crippen molar-refractivity contribution in [1.82, 2.24) is 25.0 Å². The van der Waals surface area contributed by atoms with Crippen LogP contribution in [-0.2, 0) is 20.4 Å². The van der Waals surface area contributed by atoms with E-state index in [2.05, 4.69) is 33.1 Å². The lowest BCUT2D eigenvalue weighted by atomic mass is 9.83. The Morgan fingerprint density at radius 1 is 1.00 bits per heavy atom. The molecule has 1 N–H and O–H groups in total. The number of aromatic nitrogens is 1. The Kier molecular flexibility index (Phi) is 9.18. The first kappa shape index (κ1) is 32.4. The summed E-state index contributed by atoms with van der Waals surface area (Å²) in [5.41, 5.74) is -1.51. The summed E-state index contributed by atoms with van der Waals surface area (Å²) in [5, 5.41) is 12.8. The Balaban J connectivity index is 1.40. The summed E-state index contributed by atoms with van der Waals surface area (Å²) in [6, 6.07) is 17.1. The SMILES string of the molecule is CCOc1ncccc1C1(NC(=O)N2CCC(N3CCN(CC)CC3)CC2)C(=O)N(S(=O)(=O)c2ccccc2)c2ccc(C#N)cc21. The Morgan fingerprint density at radius 2 is 1.72 bits per heavy atom. The van der Waals surface area contributed by atoms with Crippen LogP contribution in [0.3, 0.4) is 0 Å². The van der Waals surface area contributed by atoms with Crippen LogP contribution in [0.2, 0.25) is 0 Å². The minimum absolute atomic E-state index is 0.0365. The van der Waals surface area contributed by atoms with Gasteiger partial charge in [0, 0.05) is 57.1 Å². The van der Waals surface area contributed by atoms with Gasteiger partial charge in [-0.2, -0.15) is 9.57 Å². The molecule has 3 aromatic rings. The molecular formula is C34H39N7O5S. The molecule has 6 rings (SSSR count). The van der Waals surface area contributed by atoms with Gasteiger partial charge in [-0.3, -0.25) is 9.69 Å². The normalized spacial score (nSPS) is 20.9. The summed E-state index contributed by atoms with van der Waals surface area (Å²) in [7, 11) is -4.45. The van der Waals surface area contributed by atoms with Crippen molar-refractivity contribution in [2.45, 2.75) is 43.2 Å². The molecule has 1 atom stereocenters. The van der Waals surface area contributed by atoms with Gasteiger partial charge in [0.1, 0.15) is 0 Å². The molecule has 3 aliphatic heterocycles. The lowest BCUT2D eigenvalue weighted by Crippen LogP contribution is -2.59. The smallest absolute Gasteiger partial charge is 0.318 e. The molecule has 0 bridgehead atoms. The van der Waals surface area contributed by atoms with Gasteiger partial charge in [-0.1, -0.05) is 25.1 Å². The summed E-state index contributed by atoms with van der Waals surface area (Å²) in [4.78, 5) is 40.1. The molecule has 0 saturated carbocycles. The topological polar surface area (TPSA) is 139 Å². The number of hydrogen-bond donors (Lipinski definition) is 1. The highest BCUT2D eigenvalue weighted by atomic mass is 32.2. The number of piperidine rings is 1. The molecule has 2 aromatic carbocycles. The number of carbonyl (C=O) groups is 2. The van der Waals surface area contributed by atoms with Gasteiger partial charge in [-0.15, -0.1) is 0 Å². The third kappa shape index (κ3) is 5.81. The molecule has 1 aromatic heterocycles. The zero-order valence-corrected chi connectivity index (χ0v) is 27.4. The lowest BCUT2D eigenvalue weighted by molar-refractivity contribution is -0.121. The highest BCUT2D eigenvalue weighted by Crippen LogP contribution is 2.49. The number of likely N-dealkylation sites (tertiary alicyclic amines) is 1. The van der Waals surface area contributed by atoms with Gasteiger partial charge in [0.15, 0.2) is 5.54 Å². The number of hydrogen-bond acceptors (Lipinski definition) is 9. The van der Waals surface area contributed by atoms with E-state index in [-0.39, 0.29) is 39.8 Å². The summed E-state index contributed by atoms with van der Waals surface area (Å²) in [5.74, 6) is -0.849. The van der Waals surface area contributed by atoms with Crippen molar-refractivity contribution in [1.29, 1.82) is 5.26 Å². The first-order valence-electron chi connectivity index (χ1n) is 16.1. The molecule has 47 heavy (non-hydrogen) atoms. The number of rotatable bonds is 8. The second-order valence-electron chi connectivity index (χ2n) is 11.9.